The molecule has 0 radical (unpaired) electrons. The van der Waals surface area contributed by atoms with E-state index in [9.17, 15) is 4.79 Å². The molecule has 0 bridgehead atoms. The Balaban J connectivity index is 1.29. The number of benzene rings is 2. The lowest BCUT2D eigenvalue weighted by atomic mass is 9.86. The van der Waals surface area contributed by atoms with Crippen molar-refractivity contribution in [1.29, 1.82) is 0 Å². The summed E-state index contributed by atoms with van der Waals surface area (Å²) in [5.41, 5.74) is 4.94. The predicted molar refractivity (Wildman–Crippen MR) is 144 cm³/mol. The van der Waals surface area contributed by atoms with E-state index in [0.717, 1.165) is 76.1 Å². The van der Waals surface area contributed by atoms with Gasteiger partial charge in [-0.25, -0.2) is 0 Å². The number of amides is 1. The Morgan fingerprint density at radius 3 is 2.66 bits per heavy atom. The molecule has 0 unspecified atom stereocenters. The third-order valence-electron chi connectivity index (χ3n) is 7.65. The number of anilines is 1. The van der Waals surface area contributed by atoms with Crippen LogP contribution >= 0.6 is 0 Å². The molecule has 1 N–H and O–H groups in total. The molecule has 190 valence electrons. The largest absolute Gasteiger partial charge is 0.490 e. The molecular formula is C30H43N3O2. The highest BCUT2D eigenvalue weighted by atomic mass is 16.5. The van der Waals surface area contributed by atoms with E-state index in [-0.39, 0.29) is 17.9 Å². The molecule has 1 saturated carbocycles. The summed E-state index contributed by atoms with van der Waals surface area (Å²) >= 11 is 0. The van der Waals surface area contributed by atoms with E-state index < -0.39 is 0 Å². The maximum Gasteiger partial charge on any atom is 0.229 e. The van der Waals surface area contributed by atoms with E-state index in [1.165, 1.54) is 16.7 Å². The fourth-order valence-corrected chi connectivity index (χ4v) is 5.55. The van der Waals surface area contributed by atoms with Crippen LogP contribution in [0.2, 0.25) is 0 Å². The first kappa shape index (κ1) is 25.7. The van der Waals surface area contributed by atoms with Crippen molar-refractivity contribution in [3.05, 3.63) is 59.2 Å². The van der Waals surface area contributed by atoms with Gasteiger partial charge in [0.15, 0.2) is 0 Å². The summed E-state index contributed by atoms with van der Waals surface area (Å²) in [6.45, 7) is 10.8. The maximum atomic E-state index is 13.3. The van der Waals surface area contributed by atoms with Gasteiger partial charge in [-0.2, -0.15) is 0 Å². The van der Waals surface area contributed by atoms with Crippen LogP contribution in [-0.2, 0) is 17.8 Å². The number of nitrogens with one attached hydrogen (secondary N) is 1. The van der Waals surface area contributed by atoms with Crippen LogP contribution in [0.25, 0.3) is 0 Å². The molecule has 0 aromatic heterocycles. The number of piperazine rings is 1. The zero-order valence-electron chi connectivity index (χ0n) is 22.1. The smallest absolute Gasteiger partial charge is 0.229 e. The van der Waals surface area contributed by atoms with Gasteiger partial charge in [0.25, 0.3) is 0 Å². The summed E-state index contributed by atoms with van der Waals surface area (Å²) in [6, 6.07) is 15.5. The van der Waals surface area contributed by atoms with Gasteiger partial charge < -0.3 is 15.0 Å². The van der Waals surface area contributed by atoms with Gasteiger partial charge in [0.2, 0.25) is 5.91 Å². The van der Waals surface area contributed by atoms with Crippen molar-refractivity contribution >= 4 is 11.6 Å². The zero-order valence-corrected chi connectivity index (χ0v) is 22.1. The van der Waals surface area contributed by atoms with Crippen LogP contribution in [0.1, 0.15) is 62.6 Å². The fourth-order valence-electron chi connectivity index (χ4n) is 5.55. The summed E-state index contributed by atoms with van der Waals surface area (Å²) < 4.78 is 6.28. The van der Waals surface area contributed by atoms with Crippen LogP contribution in [0, 0.1) is 12.8 Å². The summed E-state index contributed by atoms with van der Waals surface area (Å²) in [5.74, 6) is 1.28. The molecule has 1 heterocycles. The average molecular weight is 478 g/mol. The lowest BCUT2D eigenvalue weighted by Crippen LogP contribution is -2.48. The van der Waals surface area contributed by atoms with Crippen molar-refractivity contribution in [2.75, 3.05) is 31.6 Å². The highest BCUT2D eigenvalue weighted by Gasteiger charge is 2.30. The molecule has 1 aliphatic heterocycles. The van der Waals surface area contributed by atoms with E-state index in [1.807, 2.05) is 11.9 Å². The molecule has 1 atom stereocenters. The van der Waals surface area contributed by atoms with Crippen molar-refractivity contribution in [1.82, 2.24) is 10.2 Å². The van der Waals surface area contributed by atoms with Crippen molar-refractivity contribution in [2.24, 2.45) is 5.92 Å². The zero-order chi connectivity index (χ0) is 24.8. The van der Waals surface area contributed by atoms with Crippen molar-refractivity contribution in [3.63, 3.8) is 0 Å². The predicted octanol–water partition coefficient (Wildman–Crippen LogP) is 5.34. The van der Waals surface area contributed by atoms with Gasteiger partial charge in [-0.3, -0.25) is 9.69 Å². The molecule has 5 nitrogen and oxygen atoms in total. The minimum atomic E-state index is 0.0774. The first-order valence-electron chi connectivity index (χ1n) is 13.5. The fraction of sp³-hybridized carbons (Fsp3) is 0.567. The molecule has 0 spiro atoms. The summed E-state index contributed by atoms with van der Waals surface area (Å²) in [6.07, 6.45) is 6.08. The number of rotatable bonds is 8. The minimum Gasteiger partial charge on any atom is -0.490 e. The second-order valence-corrected chi connectivity index (χ2v) is 10.6. The summed E-state index contributed by atoms with van der Waals surface area (Å²) in [5, 5.41) is 3.51. The topological polar surface area (TPSA) is 44.8 Å². The monoisotopic (exact) mass is 477 g/mol. The van der Waals surface area contributed by atoms with Gasteiger partial charge in [0, 0.05) is 50.9 Å². The second-order valence-electron chi connectivity index (χ2n) is 10.6. The number of carbonyl (C=O) groups excluding carboxylic acids is 1. The van der Waals surface area contributed by atoms with Crippen molar-refractivity contribution < 1.29 is 9.53 Å². The van der Waals surface area contributed by atoms with E-state index in [1.54, 1.807) is 0 Å². The SMILES string of the molecule is CCCc1cccc(OC2CCC(C(=O)N(C)c3ccc(CN4CCN[C@@H](C)C4)c(C)c3)CC2)c1. The van der Waals surface area contributed by atoms with Crippen molar-refractivity contribution in [3.8, 4) is 5.75 Å². The number of carbonyl (C=O) groups is 1. The molecule has 2 fully saturated rings. The molecule has 2 aliphatic rings. The molecule has 2 aromatic carbocycles. The summed E-state index contributed by atoms with van der Waals surface area (Å²) in [7, 11) is 1.93. The quantitative estimate of drug-likeness (QED) is 0.557. The lowest BCUT2D eigenvalue weighted by molar-refractivity contribution is -0.123. The Morgan fingerprint density at radius 1 is 1.14 bits per heavy atom. The van der Waals surface area contributed by atoms with Gasteiger partial charge in [-0.1, -0.05) is 31.5 Å². The van der Waals surface area contributed by atoms with Crippen LogP contribution in [0.4, 0.5) is 5.69 Å². The molecule has 1 aliphatic carbocycles. The standard InChI is InChI=1S/C30H43N3O2/c1-5-7-24-8-6-9-29(19-24)35-28-14-11-25(12-15-28)30(34)32(4)27-13-10-26(22(2)18-27)21-33-17-16-31-23(3)20-33/h6,8-10,13,18-19,23,25,28,31H,5,7,11-12,14-17,20-21H2,1-4H3/t23-,25?,28?/m0/s1. The Morgan fingerprint density at radius 2 is 1.94 bits per heavy atom. The lowest BCUT2D eigenvalue weighted by Gasteiger charge is -2.32. The van der Waals surface area contributed by atoms with Crippen LogP contribution in [-0.4, -0.2) is 49.6 Å². The Hall–Kier alpha value is -2.37. The van der Waals surface area contributed by atoms with Crippen LogP contribution < -0.4 is 15.0 Å². The van der Waals surface area contributed by atoms with Crippen LogP contribution in [0.5, 0.6) is 5.75 Å². The number of ether oxygens (including phenoxy) is 1. The molecular weight excluding hydrogens is 434 g/mol. The number of hydrogen-bond donors (Lipinski definition) is 1. The molecule has 4 rings (SSSR count). The van der Waals surface area contributed by atoms with Crippen LogP contribution in [0.3, 0.4) is 0 Å². The average Bonchev–Trinajstić information content (AvgIpc) is 2.85. The highest BCUT2D eigenvalue weighted by Crippen LogP contribution is 2.31. The number of hydrogen-bond acceptors (Lipinski definition) is 4. The molecule has 1 saturated heterocycles. The van der Waals surface area contributed by atoms with Gasteiger partial charge in [-0.05, 0) is 86.9 Å². The Kier molecular flexibility index (Phi) is 8.85. The van der Waals surface area contributed by atoms with E-state index in [2.05, 4.69) is 73.5 Å². The third-order valence-corrected chi connectivity index (χ3v) is 7.65. The normalized spacial score (nSPS) is 23.1. The molecule has 1 amide bonds. The first-order chi connectivity index (χ1) is 16.9. The Labute approximate surface area is 211 Å². The van der Waals surface area contributed by atoms with Gasteiger partial charge in [0.1, 0.15) is 5.75 Å². The number of aryl methyl sites for hydroxylation is 2. The van der Waals surface area contributed by atoms with Gasteiger partial charge in [0.05, 0.1) is 6.10 Å². The molecule has 2 aromatic rings. The molecule has 35 heavy (non-hydrogen) atoms. The van der Waals surface area contributed by atoms with E-state index >= 15 is 0 Å². The number of nitrogens with zero attached hydrogens (tertiary/aromatic N) is 2. The first-order valence-corrected chi connectivity index (χ1v) is 13.5. The maximum absolute atomic E-state index is 13.3. The van der Waals surface area contributed by atoms with Crippen molar-refractivity contribution in [2.45, 2.75) is 78.0 Å². The van der Waals surface area contributed by atoms with Gasteiger partial charge in [-0.15, -0.1) is 0 Å². The van der Waals surface area contributed by atoms with E-state index in [0.29, 0.717) is 6.04 Å². The molecule has 5 heteroatoms. The minimum absolute atomic E-state index is 0.0774. The third kappa shape index (κ3) is 6.86. The van der Waals surface area contributed by atoms with Gasteiger partial charge >= 0.3 is 0 Å². The second kappa shape index (κ2) is 12.0. The van der Waals surface area contributed by atoms with Crippen LogP contribution in [0.15, 0.2) is 42.5 Å². The summed E-state index contributed by atoms with van der Waals surface area (Å²) in [4.78, 5) is 17.7. The Bertz CT molecular complexity index is 983. The van der Waals surface area contributed by atoms with E-state index in [4.69, 9.17) is 4.74 Å². The highest BCUT2D eigenvalue weighted by molar-refractivity contribution is 5.94.